The zero-order valence-electron chi connectivity index (χ0n) is 12.5. The Morgan fingerprint density at radius 2 is 1.79 bits per heavy atom. The molecule has 1 atom stereocenters. The smallest absolute Gasteiger partial charge is 0.127 e. The van der Waals surface area contributed by atoms with E-state index >= 15 is 0 Å². The highest BCUT2D eigenvalue weighted by Crippen LogP contribution is 2.32. The molecule has 0 unspecified atom stereocenters. The van der Waals surface area contributed by atoms with Crippen LogP contribution < -0.4 is 15.2 Å². The highest BCUT2D eigenvalue weighted by atomic mass is 16.5. The largest absolute Gasteiger partial charge is 0.496 e. The minimum absolute atomic E-state index is 0.144. The van der Waals surface area contributed by atoms with Gasteiger partial charge in [0.1, 0.15) is 18.1 Å². The molecule has 0 saturated heterocycles. The van der Waals surface area contributed by atoms with Crippen LogP contribution in [0.2, 0.25) is 0 Å². The van der Waals surface area contributed by atoms with Gasteiger partial charge in [-0.3, -0.25) is 0 Å². The number of nitrogens with two attached hydrogens (primary N) is 1. The van der Waals surface area contributed by atoms with E-state index in [1.165, 1.54) is 0 Å². The van der Waals surface area contributed by atoms with Crippen LogP contribution in [0.1, 0.15) is 39.3 Å². The zero-order chi connectivity index (χ0) is 14.5. The predicted molar refractivity (Wildman–Crippen MR) is 76.8 cm³/mol. The van der Waals surface area contributed by atoms with Gasteiger partial charge in [-0.2, -0.15) is 0 Å². The SMILES string of the molecule is COc1cccc(OCCOC(C)(C)C)c1[C@@H](C)N. The maximum absolute atomic E-state index is 5.97. The van der Waals surface area contributed by atoms with Crippen molar-refractivity contribution in [3.05, 3.63) is 23.8 Å². The summed E-state index contributed by atoms with van der Waals surface area (Å²) in [5.41, 5.74) is 6.71. The fourth-order valence-corrected chi connectivity index (χ4v) is 1.78. The summed E-state index contributed by atoms with van der Waals surface area (Å²) in [6.07, 6.45) is 0. The van der Waals surface area contributed by atoms with Crippen LogP contribution in [0.15, 0.2) is 18.2 Å². The van der Waals surface area contributed by atoms with Gasteiger partial charge in [-0.15, -0.1) is 0 Å². The summed E-state index contributed by atoms with van der Waals surface area (Å²) in [6.45, 7) is 9.00. The third kappa shape index (κ3) is 5.09. The molecule has 4 nitrogen and oxygen atoms in total. The van der Waals surface area contributed by atoms with Crippen molar-refractivity contribution < 1.29 is 14.2 Å². The average molecular weight is 267 g/mol. The van der Waals surface area contributed by atoms with Crippen molar-refractivity contribution in [2.45, 2.75) is 39.3 Å². The van der Waals surface area contributed by atoms with Gasteiger partial charge in [0.15, 0.2) is 0 Å². The molecule has 0 heterocycles. The first-order valence-corrected chi connectivity index (χ1v) is 6.54. The average Bonchev–Trinajstić information content (AvgIpc) is 2.32. The summed E-state index contributed by atoms with van der Waals surface area (Å²) < 4.78 is 16.7. The molecule has 1 aromatic rings. The normalized spacial score (nSPS) is 13.2. The number of hydrogen-bond acceptors (Lipinski definition) is 4. The van der Waals surface area contributed by atoms with E-state index in [2.05, 4.69) is 0 Å². The minimum atomic E-state index is -0.151. The third-order valence-corrected chi connectivity index (χ3v) is 2.58. The third-order valence-electron chi connectivity index (χ3n) is 2.58. The van der Waals surface area contributed by atoms with E-state index in [0.717, 1.165) is 17.1 Å². The van der Waals surface area contributed by atoms with Gasteiger partial charge in [-0.05, 0) is 39.8 Å². The Hall–Kier alpha value is -1.26. The van der Waals surface area contributed by atoms with Crippen LogP contribution in [-0.4, -0.2) is 25.9 Å². The summed E-state index contributed by atoms with van der Waals surface area (Å²) in [6, 6.07) is 5.54. The Bertz CT molecular complexity index is 397. The Balaban J connectivity index is 2.68. The van der Waals surface area contributed by atoms with Crippen molar-refractivity contribution in [1.29, 1.82) is 0 Å². The monoisotopic (exact) mass is 267 g/mol. The molecule has 0 radical (unpaired) electrons. The molecule has 2 N–H and O–H groups in total. The van der Waals surface area contributed by atoms with E-state index in [1.54, 1.807) is 7.11 Å². The van der Waals surface area contributed by atoms with Crippen molar-refractivity contribution in [3.63, 3.8) is 0 Å². The second-order valence-corrected chi connectivity index (χ2v) is 5.47. The van der Waals surface area contributed by atoms with Crippen LogP contribution in [0.4, 0.5) is 0 Å². The molecule has 0 fully saturated rings. The lowest BCUT2D eigenvalue weighted by Crippen LogP contribution is -2.22. The maximum atomic E-state index is 5.97. The van der Waals surface area contributed by atoms with Crippen molar-refractivity contribution in [2.24, 2.45) is 5.73 Å². The fraction of sp³-hybridized carbons (Fsp3) is 0.600. The summed E-state index contributed by atoms with van der Waals surface area (Å²) in [7, 11) is 1.63. The van der Waals surface area contributed by atoms with E-state index in [9.17, 15) is 0 Å². The van der Waals surface area contributed by atoms with E-state index < -0.39 is 0 Å². The number of benzene rings is 1. The van der Waals surface area contributed by atoms with E-state index in [-0.39, 0.29) is 11.6 Å². The van der Waals surface area contributed by atoms with E-state index in [0.29, 0.717) is 13.2 Å². The topological polar surface area (TPSA) is 53.7 Å². The molecule has 0 aromatic heterocycles. The number of ether oxygens (including phenoxy) is 3. The Morgan fingerprint density at radius 3 is 2.32 bits per heavy atom. The van der Waals surface area contributed by atoms with Gasteiger partial charge in [0, 0.05) is 6.04 Å². The number of rotatable bonds is 6. The Morgan fingerprint density at radius 1 is 1.16 bits per heavy atom. The first-order valence-electron chi connectivity index (χ1n) is 6.54. The van der Waals surface area contributed by atoms with Crippen molar-refractivity contribution >= 4 is 0 Å². The van der Waals surface area contributed by atoms with E-state index in [4.69, 9.17) is 19.9 Å². The summed E-state index contributed by atoms with van der Waals surface area (Å²) in [5.74, 6) is 1.51. The van der Waals surface area contributed by atoms with Gasteiger partial charge < -0.3 is 19.9 Å². The van der Waals surface area contributed by atoms with Gasteiger partial charge in [-0.25, -0.2) is 0 Å². The van der Waals surface area contributed by atoms with Gasteiger partial charge in [0.05, 0.1) is 24.9 Å². The van der Waals surface area contributed by atoms with Gasteiger partial charge in [0.25, 0.3) is 0 Å². The maximum Gasteiger partial charge on any atom is 0.127 e. The molecule has 0 bridgehead atoms. The summed E-state index contributed by atoms with van der Waals surface area (Å²) in [4.78, 5) is 0. The van der Waals surface area contributed by atoms with Crippen LogP contribution in [0.3, 0.4) is 0 Å². The lowest BCUT2D eigenvalue weighted by Gasteiger charge is -2.21. The second kappa shape index (κ2) is 6.78. The van der Waals surface area contributed by atoms with Crippen molar-refractivity contribution in [1.82, 2.24) is 0 Å². The van der Waals surface area contributed by atoms with E-state index in [1.807, 2.05) is 45.9 Å². The molecule has 108 valence electrons. The van der Waals surface area contributed by atoms with Crippen LogP contribution in [0.5, 0.6) is 11.5 Å². The molecule has 0 amide bonds. The lowest BCUT2D eigenvalue weighted by molar-refractivity contribution is -0.0164. The first kappa shape index (κ1) is 15.8. The Kier molecular flexibility index (Phi) is 5.63. The standard InChI is InChI=1S/C15H25NO3/c1-11(16)14-12(17-5)7-6-8-13(14)18-9-10-19-15(2,3)4/h6-8,11H,9-10,16H2,1-5H3/t11-/m1/s1. The highest BCUT2D eigenvalue weighted by molar-refractivity contribution is 5.46. The molecule has 4 heteroatoms. The number of methoxy groups -OCH3 is 1. The van der Waals surface area contributed by atoms with Gasteiger partial charge in [-0.1, -0.05) is 6.07 Å². The van der Waals surface area contributed by atoms with Crippen LogP contribution in [0.25, 0.3) is 0 Å². The fourth-order valence-electron chi connectivity index (χ4n) is 1.78. The van der Waals surface area contributed by atoms with Gasteiger partial charge in [0.2, 0.25) is 0 Å². The zero-order valence-corrected chi connectivity index (χ0v) is 12.5. The summed E-state index contributed by atoms with van der Waals surface area (Å²) >= 11 is 0. The first-order chi connectivity index (χ1) is 8.85. The molecular formula is C15H25NO3. The van der Waals surface area contributed by atoms with Crippen LogP contribution >= 0.6 is 0 Å². The molecular weight excluding hydrogens is 242 g/mol. The minimum Gasteiger partial charge on any atom is -0.496 e. The van der Waals surface area contributed by atoms with Crippen LogP contribution in [0, 0.1) is 0 Å². The van der Waals surface area contributed by atoms with Crippen molar-refractivity contribution in [2.75, 3.05) is 20.3 Å². The lowest BCUT2D eigenvalue weighted by atomic mass is 10.1. The number of hydrogen-bond donors (Lipinski definition) is 1. The Labute approximate surface area is 115 Å². The molecule has 0 aliphatic rings. The molecule has 1 aromatic carbocycles. The summed E-state index contributed by atoms with van der Waals surface area (Å²) in [5, 5.41) is 0. The molecule has 0 aliphatic heterocycles. The molecule has 0 saturated carbocycles. The molecule has 19 heavy (non-hydrogen) atoms. The molecule has 0 aliphatic carbocycles. The molecule has 1 rings (SSSR count). The predicted octanol–water partition coefficient (Wildman–Crippen LogP) is 2.91. The highest BCUT2D eigenvalue weighted by Gasteiger charge is 2.15. The quantitative estimate of drug-likeness (QED) is 0.805. The van der Waals surface area contributed by atoms with Crippen LogP contribution in [-0.2, 0) is 4.74 Å². The second-order valence-electron chi connectivity index (χ2n) is 5.47. The van der Waals surface area contributed by atoms with Crippen molar-refractivity contribution in [3.8, 4) is 11.5 Å². The van der Waals surface area contributed by atoms with Gasteiger partial charge >= 0.3 is 0 Å². The molecule has 0 spiro atoms.